The zero-order valence-corrected chi connectivity index (χ0v) is 10.4. The van der Waals surface area contributed by atoms with Gasteiger partial charge in [-0.1, -0.05) is 18.2 Å². The molecule has 0 aliphatic heterocycles. The molecule has 2 aromatic rings. The second kappa shape index (κ2) is 6.33. The first-order valence-corrected chi connectivity index (χ1v) is 5.96. The number of nitrogens with zero attached hydrogens (tertiary/aromatic N) is 1. The molecule has 1 aromatic heterocycles. The molecule has 2 rings (SSSR count). The minimum Gasteiger partial charge on any atom is -0.478 e. The normalized spacial score (nSPS) is 10.8. The number of aromatic nitrogens is 1. The van der Waals surface area contributed by atoms with Crippen LogP contribution in [-0.2, 0) is 11.3 Å². The smallest absolute Gasteiger partial charge is 0.214 e. The summed E-state index contributed by atoms with van der Waals surface area (Å²) in [6.07, 6.45) is 0.819. The number of ether oxygens (including phenoxy) is 2. The van der Waals surface area contributed by atoms with E-state index in [1.165, 1.54) is 0 Å². The fourth-order valence-corrected chi connectivity index (χ4v) is 1.81. The number of methoxy groups -OCH3 is 1. The predicted octanol–water partition coefficient (Wildman–Crippen LogP) is 2.14. The largest absolute Gasteiger partial charge is 0.478 e. The van der Waals surface area contributed by atoms with Crippen LogP contribution in [0.5, 0.6) is 5.88 Å². The molecule has 96 valence electrons. The summed E-state index contributed by atoms with van der Waals surface area (Å²) in [5.41, 5.74) is 1.67. The zero-order valence-electron chi connectivity index (χ0n) is 10.4. The van der Waals surface area contributed by atoms with Crippen LogP contribution in [0.3, 0.4) is 0 Å². The van der Waals surface area contributed by atoms with Crippen LogP contribution in [0.2, 0.25) is 0 Å². The molecular weight excluding hydrogens is 230 g/mol. The molecule has 0 fully saturated rings. The molecule has 0 aliphatic carbocycles. The van der Waals surface area contributed by atoms with Gasteiger partial charge in [-0.2, -0.15) is 0 Å². The van der Waals surface area contributed by atoms with Crippen LogP contribution in [-0.4, -0.2) is 30.4 Å². The lowest BCUT2D eigenvalue weighted by molar-refractivity contribution is 0.170. The first kappa shape index (κ1) is 12.8. The molecule has 1 heterocycles. The standard InChI is InChI=1S/C14H17NO3/c1-17-7-4-8-18-14-9-11(10-16)12-5-2-3-6-13(12)15-14/h2-3,5-6,9,16H,4,7-8,10H2,1H3. The number of pyridine rings is 1. The van der Waals surface area contributed by atoms with Crippen LogP contribution in [0, 0.1) is 0 Å². The minimum atomic E-state index is -0.0164. The fraction of sp³-hybridized carbons (Fsp3) is 0.357. The van der Waals surface area contributed by atoms with Gasteiger partial charge in [0.15, 0.2) is 0 Å². The molecule has 1 aromatic carbocycles. The SMILES string of the molecule is COCCCOc1cc(CO)c2ccccc2n1. The molecule has 4 nitrogen and oxygen atoms in total. The molecule has 0 radical (unpaired) electrons. The van der Waals surface area contributed by atoms with Crippen LogP contribution in [0.1, 0.15) is 12.0 Å². The second-order valence-corrected chi connectivity index (χ2v) is 3.99. The number of aliphatic hydroxyl groups is 1. The third kappa shape index (κ3) is 2.97. The van der Waals surface area contributed by atoms with E-state index in [0.717, 1.165) is 22.9 Å². The second-order valence-electron chi connectivity index (χ2n) is 3.99. The van der Waals surface area contributed by atoms with Crippen molar-refractivity contribution in [2.75, 3.05) is 20.3 Å². The molecule has 0 amide bonds. The highest BCUT2D eigenvalue weighted by atomic mass is 16.5. The van der Waals surface area contributed by atoms with E-state index >= 15 is 0 Å². The van der Waals surface area contributed by atoms with E-state index in [0.29, 0.717) is 19.1 Å². The van der Waals surface area contributed by atoms with Crippen molar-refractivity contribution in [3.05, 3.63) is 35.9 Å². The van der Waals surface area contributed by atoms with Gasteiger partial charge in [-0.25, -0.2) is 4.98 Å². The zero-order chi connectivity index (χ0) is 12.8. The quantitative estimate of drug-likeness (QED) is 0.795. The van der Waals surface area contributed by atoms with Gasteiger partial charge in [0.1, 0.15) is 0 Å². The Morgan fingerprint density at radius 1 is 1.22 bits per heavy atom. The van der Waals surface area contributed by atoms with E-state index in [1.54, 1.807) is 13.2 Å². The van der Waals surface area contributed by atoms with Crippen molar-refractivity contribution in [2.24, 2.45) is 0 Å². The lowest BCUT2D eigenvalue weighted by Gasteiger charge is -2.09. The minimum absolute atomic E-state index is 0.0164. The van der Waals surface area contributed by atoms with E-state index in [1.807, 2.05) is 24.3 Å². The monoisotopic (exact) mass is 247 g/mol. The van der Waals surface area contributed by atoms with Gasteiger partial charge in [0.2, 0.25) is 5.88 Å². The lowest BCUT2D eigenvalue weighted by atomic mass is 10.1. The molecule has 0 unspecified atom stereocenters. The van der Waals surface area contributed by atoms with E-state index in [2.05, 4.69) is 4.98 Å². The summed E-state index contributed by atoms with van der Waals surface area (Å²) in [7, 11) is 1.66. The summed E-state index contributed by atoms with van der Waals surface area (Å²) < 4.78 is 10.5. The molecule has 0 saturated heterocycles. The maximum Gasteiger partial charge on any atom is 0.214 e. The van der Waals surface area contributed by atoms with E-state index in [-0.39, 0.29) is 6.61 Å². The van der Waals surface area contributed by atoms with Crippen LogP contribution in [0.4, 0.5) is 0 Å². The molecule has 18 heavy (non-hydrogen) atoms. The first-order valence-electron chi connectivity index (χ1n) is 5.96. The molecule has 0 bridgehead atoms. The van der Waals surface area contributed by atoms with Gasteiger partial charge in [-0.15, -0.1) is 0 Å². The Hall–Kier alpha value is -1.65. The number of aliphatic hydroxyl groups excluding tert-OH is 1. The van der Waals surface area contributed by atoms with Gasteiger partial charge in [0.05, 0.1) is 18.7 Å². The molecule has 1 N–H and O–H groups in total. The Bertz CT molecular complexity index is 513. The Labute approximate surface area is 106 Å². The molecule has 4 heteroatoms. The van der Waals surface area contributed by atoms with Crippen LogP contribution >= 0.6 is 0 Å². The third-order valence-corrected chi connectivity index (χ3v) is 2.69. The van der Waals surface area contributed by atoms with Gasteiger partial charge in [0, 0.05) is 31.6 Å². The van der Waals surface area contributed by atoms with Crippen molar-refractivity contribution in [3.8, 4) is 5.88 Å². The number of benzene rings is 1. The third-order valence-electron chi connectivity index (χ3n) is 2.69. The Kier molecular flexibility index (Phi) is 4.50. The van der Waals surface area contributed by atoms with Crippen molar-refractivity contribution >= 4 is 10.9 Å². The van der Waals surface area contributed by atoms with Crippen LogP contribution in [0.25, 0.3) is 10.9 Å². The highest BCUT2D eigenvalue weighted by molar-refractivity contribution is 5.82. The average molecular weight is 247 g/mol. The predicted molar refractivity (Wildman–Crippen MR) is 69.7 cm³/mol. The van der Waals surface area contributed by atoms with Crippen molar-refractivity contribution in [3.63, 3.8) is 0 Å². The van der Waals surface area contributed by atoms with E-state index in [9.17, 15) is 5.11 Å². The van der Waals surface area contributed by atoms with E-state index < -0.39 is 0 Å². The fourth-order valence-electron chi connectivity index (χ4n) is 1.81. The molecule has 0 saturated carbocycles. The summed E-state index contributed by atoms with van der Waals surface area (Å²) >= 11 is 0. The lowest BCUT2D eigenvalue weighted by Crippen LogP contribution is -2.03. The summed E-state index contributed by atoms with van der Waals surface area (Å²) in [6.45, 7) is 1.21. The highest BCUT2D eigenvalue weighted by Gasteiger charge is 2.05. The van der Waals surface area contributed by atoms with Crippen molar-refractivity contribution < 1.29 is 14.6 Å². The Balaban J connectivity index is 2.18. The Morgan fingerprint density at radius 2 is 2.06 bits per heavy atom. The van der Waals surface area contributed by atoms with Crippen LogP contribution < -0.4 is 4.74 Å². The number of hydrogen-bond acceptors (Lipinski definition) is 4. The van der Waals surface area contributed by atoms with Crippen molar-refractivity contribution in [1.29, 1.82) is 0 Å². The Morgan fingerprint density at radius 3 is 2.83 bits per heavy atom. The molecule has 0 spiro atoms. The van der Waals surface area contributed by atoms with Gasteiger partial charge in [-0.3, -0.25) is 0 Å². The van der Waals surface area contributed by atoms with Gasteiger partial charge in [0.25, 0.3) is 0 Å². The summed E-state index contributed by atoms with van der Waals surface area (Å²) in [5.74, 6) is 0.550. The summed E-state index contributed by atoms with van der Waals surface area (Å²) in [4.78, 5) is 4.41. The molecular formula is C14H17NO3. The maximum absolute atomic E-state index is 9.37. The van der Waals surface area contributed by atoms with Crippen LogP contribution in [0.15, 0.2) is 30.3 Å². The summed E-state index contributed by atoms with van der Waals surface area (Å²) in [5, 5.41) is 10.3. The van der Waals surface area contributed by atoms with E-state index in [4.69, 9.17) is 9.47 Å². The van der Waals surface area contributed by atoms with Gasteiger partial charge < -0.3 is 14.6 Å². The first-order chi connectivity index (χ1) is 8.85. The van der Waals surface area contributed by atoms with Crippen molar-refractivity contribution in [2.45, 2.75) is 13.0 Å². The molecule has 0 aliphatic rings. The average Bonchev–Trinajstić information content (AvgIpc) is 2.42. The number of hydrogen-bond donors (Lipinski definition) is 1. The van der Waals surface area contributed by atoms with Gasteiger partial charge >= 0.3 is 0 Å². The highest BCUT2D eigenvalue weighted by Crippen LogP contribution is 2.22. The number of fused-ring (bicyclic) bond motifs is 1. The molecule has 0 atom stereocenters. The van der Waals surface area contributed by atoms with Crippen molar-refractivity contribution in [1.82, 2.24) is 4.98 Å². The number of para-hydroxylation sites is 1. The number of rotatable bonds is 6. The maximum atomic E-state index is 9.37. The topological polar surface area (TPSA) is 51.6 Å². The van der Waals surface area contributed by atoms with Gasteiger partial charge in [-0.05, 0) is 11.6 Å². The summed E-state index contributed by atoms with van der Waals surface area (Å²) in [6, 6.07) is 9.50.